The van der Waals surface area contributed by atoms with Gasteiger partial charge >= 0.3 is 0 Å². The largest absolute Gasteiger partial charge is 0.372 e. The number of nitrogens with one attached hydrogen (secondary N) is 1. The molecule has 3 rings (SSSR count). The van der Waals surface area contributed by atoms with Gasteiger partial charge in [0.25, 0.3) is 0 Å². The van der Waals surface area contributed by atoms with E-state index in [1.54, 1.807) is 13.0 Å². The molecular formula is C23H31N3O3S. The highest BCUT2D eigenvalue weighted by atomic mass is 32.2. The molecule has 2 aromatic carbocycles. The van der Waals surface area contributed by atoms with Crippen LogP contribution in [-0.4, -0.2) is 39.7 Å². The van der Waals surface area contributed by atoms with Gasteiger partial charge in [0.05, 0.1) is 11.9 Å². The van der Waals surface area contributed by atoms with Crippen LogP contribution in [0.4, 0.5) is 11.4 Å². The molecule has 1 atom stereocenters. The zero-order chi connectivity index (χ0) is 21.9. The molecular weight excluding hydrogens is 398 g/mol. The Morgan fingerprint density at radius 2 is 1.73 bits per heavy atom. The van der Waals surface area contributed by atoms with Gasteiger partial charge in [-0.05, 0) is 68.5 Å². The van der Waals surface area contributed by atoms with Crippen LogP contribution in [-0.2, 0) is 21.4 Å². The van der Waals surface area contributed by atoms with Gasteiger partial charge in [0.1, 0.15) is 6.04 Å². The summed E-state index contributed by atoms with van der Waals surface area (Å²) in [5.41, 5.74) is 4.47. The van der Waals surface area contributed by atoms with E-state index in [0.717, 1.165) is 36.0 Å². The average Bonchev–Trinajstić information content (AvgIpc) is 3.23. The molecule has 6 nitrogen and oxygen atoms in total. The van der Waals surface area contributed by atoms with Gasteiger partial charge in [0.15, 0.2) is 0 Å². The number of benzene rings is 2. The van der Waals surface area contributed by atoms with E-state index < -0.39 is 16.1 Å². The normalized spacial score (nSPS) is 15.1. The van der Waals surface area contributed by atoms with Crippen molar-refractivity contribution in [2.75, 3.05) is 28.6 Å². The van der Waals surface area contributed by atoms with Crippen LogP contribution in [0.3, 0.4) is 0 Å². The molecule has 162 valence electrons. The Morgan fingerprint density at radius 1 is 1.10 bits per heavy atom. The number of nitrogens with zero attached hydrogens (tertiary/aromatic N) is 2. The van der Waals surface area contributed by atoms with Crippen LogP contribution < -0.4 is 14.5 Å². The van der Waals surface area contributed by atoms with Crippen molar-refractivity contribution in [2.24, 2.45) is 0 Å². The quantitative estimate of drug-likeness (QED) is 0.733. The molecule has 1 saturated heterocycles. The molecule has 0 radical (unpaired) electrons. The number of anilines is 2. The summed E-state index contributed by atoms with van der Waals surface area (Å²) in [4.78, 5) is 15.2. The zero-order valence-corrected chi connectivity index (χ0v) is 19.0. The Labute approximate surface area is 179 Å². The summed E-state index contributed by atoms with van der Waals surface area (Å²) in [5.74, 6) is -0.329. The monoisotopic (exact) mass is 429 g/mol. The summed E-state index contributed by atoms with van der Waals surface area (Å²) < 4.78 is 26.2. The lowest BCUT2D eigenvalue weighted by molar-refractivity contribution is -0.122. The summed E-state index contributed by atoms with van der Waals surface area (Å²) in [7, 11) is -3.63. The van der Waals surface area contributed by atoms with Crippen molar-refractivity contribution in [2.45, 2.75) is 46.2 Å². The summed E-state index contributed by atoms with van der Waals surface area (Å²) in [6.45, 7) is 7.91. The average molecular weight is 430 g/mol. The molecule has 1 aliphatic heterocycles. The van der Waals surface area contributed by atoms with Crippen molar-refractivity contribution >= 4 is 27.3 Å². The van der Waals surface area contributed by atoms with Gasteiger partial charge < -0.3 is 10.2 Å². The van der Waals surface area contributed by atoms with E-state index >= 15 is 0 Å². The van der Waals surface area contributed by atoms with Crippen LogP contribution >= 0.6 is 0 Å². The van der Waals surface area contributed by atoms with Gasteiger partial charge in [-0.3, -0.25) is 9.10 Å². The first kappa shape index (κ1) is 22.2. The predicted octanol–water partition coefficient (Wildman–Crippen LogP) is 3.37. The first-order chi connectivity index (χ1) is 14.2. The lowest BCUT2D eigenvalue weighted by Gasteiger charge is -2.29. The lowest BCUT2D eigenvalue weighted by atomic mass is 10.1. The molecule has 0 aliphatic carbocycles. The van der Waals surface area contributed by atoms with Gasteiger partial charge in [0, 0.05) is 25.3 Å². The highest BCUT2D eigenvalue weighted by Gasteiger charge is 2.30. The predicted molar refractivity (Wildman–Crippen MR) is 122 cm³/mol. The van der Waals surface area contributed by atoms with E-state index in [1.165, 1.54) is 22.8 Å². The number of carbonyl (C=O) groups is 1. The minimum atomic E-state index is -3.63. The van der Waals surface area contributed by atoms with Gasteiger partial charge in [-0.1, -0.05) is 24.3 Å². The molecule has 0 aromatic heterocycles. The smallest absolute Gasteiger partial charge is 0.243 e. The fourth-order valence-corrected chi connectivity index (χ4v) is 5.10. The Hall–Kier alpha value is -2.54. The third-order valence-corrected chi connectivity index (χ3v) is 6.79. The maximum atomic E-state index is 12.8. The first-order valence-electron chi connectivity index (χ1n) is 10.3. The van der Waals surface area contributed by atoms with Crippen LogP contribution in [0.1, 0.15) is 36.5 Å². The maximum Gasteiger partial charge on any atom is 0.243 e. The SMILES string of the molecule is Cc1ccc(C)c(N([C@@H](C)C(=O)NCc2ccc(N3CCCC3)cc2)S(C)(=O)=O)c1. The van der Waals surface area contributed by atoms with Crippen molar-refractivity contribution in [1.82, 2.24) is 5.32 Å². The minimum Gasteiger partial charge on any atom is -0.372 e. The number of carbonyl (C=O) groups excluding carboxylic acids is 1. The highest BCUT2D eigenvalue weighted by molar-refractivity contribution is 7.92. The third kappa shape index (κ3) is 5.14. The molecule has 1 amide bonds. The van der Waals surface area contributed by atoms with Gasteiger partial charge in [-0.15, -0.1) is 0 Å². The number of hydrogen-bond donors (Lipinski definition) is 1. The molecule has 2 aromatic rings. The second-order valence-electron chi connectivity index (χ2n) is 8.10. The minimum absolute atomic E-state index is 0.329. The van der Waals surface area contributed by atoms with Crippen molar-refractivity contribution in [3.8, 4) is 0 Å². The van der Waals surface area contributed by atoms with E-state index in [-0.39, 0.29) is 5.91 Å². The number of hydrogen-bond acceptors (Lipinski definition) is 4. The number of sulfonamides is 1. The van der Waals surface area contributed by atoms with Crippen LogP contribution in [0.25, 0.3) is 0 Å². The number of aryl methyl sites for hydroxylation is 2. The van der Waals surface area contributed by atoms with Crippen molar-refractivity contribution in [3.63, 3.8) is 0 Å². The molecule has 1 aliphatic rings. The lowest BCUT2D eigenvalue weighted by Crippen LogP contribution is -2.48. The van der Waals surface area contributed by atoms with Crippen molar-refractivity contribution in [1.29, 1.82) is 0 Å². The maximum absolute atomic E-state index is 12.8. The standard InChI is InChI=1S/C23H31N3O3S/c1-17-7-8-18(2)22(15-17)26(30(4,28)29)19(3)23(27)24-16-20-9-11-21(12-10-20)25-13-5-6-14-25/h7-12,15,19H,5-6,13-14,16H2,1-4H3,(H,24,27)/t19-/m0/s1. The second kappa shape index (κ2) is 9.08. The Bertz CT molecular complexity index is 997. The highest BCUT2D eigenvalue weighted by Crippen LogP contribution is 2.26. The molecule has 0 unspecified atom stereocenters. The Balaban J connectivity index is 1.70. The fourth-order valence-electron chi connectivity index (χ4n) is 3.87. The summed E-state index contributed by atoms with van der Waals surface area (Å²) >= 11 is 0. The van der Waals surface area contributed by atoms with Crippen molar-refractivity contribution in [3.05, 3.63) is 59.2 Å². The topological polar surface area (TPSA) is 69.7 Å². The molecule has 7 heteroatoms. The molecule has 30 heavy (non-hydrogen) atoms. The zero-order valence-electron chi connectivity index (χ0n) is 18.2. The van der Waals surface area contributed by atoms with E-state index in [9.17, 15) is 13.2 Å². The van der Waals surface area contributed by atoms with Crippen LogP contribution in [0.15, 0.2) is 42.5 Å². The van der Waals surface area contributed by atoms with Crippen molar-refractivity contribution < 1.29 is 13.2 Å². The van der Waals surface area contributed by atoms with E-state index in [4.69, 9.17) is 0 Å². The van der Waals surface area contributed by atoms with Gasteiger partial charge in [-0.25, -0.2) is 8.42 Å². The molecule has 0 bridgehead atoms. The summed E-state index contributed by atoms with van der Waals surface area (Å²) in [6.07, 6.45) is 3.59. The Morgan fingerprint density at radius 3 is 2.33 bits per heavy atom. The summed E-state index contributed by atoms with van der Waals surface area (Å²) in [6, 6.07) is 12.9. The fraction of sp³-hybridized carbons (Fsp3) is 0.435. The number of rotatable bonds is 7. The molecule has 1 heterocycles. The molecule has 0 saturated carbocycles. The second-order valence-corrected chi connectivity index (χ2v) is 9.96. The third-order valence-electron chi connectivity index (χ3n) is 5.56. The van der Waals surface area contributed by atoms with E-state index in [2.05, 4.69) is 22.3 Å². The summed E-state index contributed by atoms with van der Waals surface area (Å²) in [5, 5.41) is 2.89. The number of amides is 1. The molecule has 0 spiro atoms. The van der Waals surface area contributed by atoms with E-state index in [1.807, 2.05) is 38.1 Å². The van der Waals surface area contributed by atoms with Gasteiger partial charge in [0.2, 0.25) is 15.9 Å². The van der Waals surface area contributed by atoms with Gasteiger partial charge in [-0.2, -0.15) is 0 Å². The first-order valence-corrected chi connectivity index (χ1v) is 12.2. The van der Waals surface area contributed by atoms with Crippen LogP contribution in [0.5, 0.6) is 0 Å². The molecule has 1 N–H and O–H groups in total. The molecule has 1 fully saturated rings. The van der Waals surface area contributed by atoms with Crippen LogP contribution in [0, 0.1) is 13.8 Å². The van der Waals surface area contributed by atoms with E-state index in [0.29, 0.717) is 12.2 Å². The van der Waals surface area contributed by atoms with Crippen LogP contribution in [0.2, 0.25) is 0 Å². The Kier molecular flexibility index (Phi) is 6.71.